The number of H-pyrrole nitrogens is 1. The Balaban J connectivity index is 0.00000280. The topological polar surface area (TPSA) is 72.5 Å². The Morgan fingerprint density at radius 3 is 2.82 bits per heavy atom. The van der Waals surface area contributed by atoms with Crippen LogP contribution in [0.15, 0.2) is 29.4 Å². The van der Waals surface area contributed by atoms with E-state index in [2.05, 4.69) is 20.6 Å². The van der Waals surface area contributed by atoms with Crippen LogP contribution in [0.1, 0.15) is 31.7 Å². The van der Waals surface area contributed by atoms with Gasteiger partial charge in [0.15, 0.2) is 5.96 Å². The van der Waals surface area contributed by atoms with Crippen LogP contribution in [0.3, 0.4) is 0 Å². The first-order valence-corrected chi connectivity index (χ1v) is 9.73. The molecule has 0 radical (unpaired) electrons. The maximum absolute atomic E-state index is 13.5. The van der Waals surface area contributed by atoms with Gasteiger partial charge in [0, 0.05) is 49.7 Å². The minimum absolute atomic E-state index is 0. The van der Waals surface area contributed by atoms with Crippen LogP contribution in [-0.4, -0.2) is 54.5 Å². The number of nitrogens with zero attached hydrogens (tertiary/aromatic N) is 2. The number of benzene rings is 1. The Morgan fingerprint density at radius 2 is 2.07 bits per heavy atom. The second kappa shape index (κ2) is 11.2. The van der Waals surface area contributed by atoms with Crippen LogP contribution >= 0.6 is 24.0 Å². The van der Waals surface area contributed by atoms with Crippen LogP contribution in [0.5, 0.6) is 0 Å². The SMILES string of the molecule is CCNC(=NCCC(=O)N1CCCC1)NCCc1c[nH]c2ccc(F)cc12.I. The summed E-state index contributed by atoms with van der Waals surface area (Å²) in [4.78, 5) is 21.7. The molecule has 1 saturated heterocycles. The molecule has 0 bridgehead atoms. The molecule has 8 heteroatoms. The summed E-state index contributed by atoms with van der Waals surface area (Å²) in [5, 5.41) is 7.40. The first-order valence-electron chi connectivity index (χ1n) is 9.73. The van der Waals surface area contributed by atoms with Crippen LogP contribution in [0.25, 0.3) is 10.9 Å². The Morgan fingerprint density at radius 1 is 1.29 bits per heavy atom. The molecule has 2 aromatic rings. The number of hydrogen-bond donors (Lipinski definition) is 3. The molecule has 1 fully saturated rings. The number of amides is 1. The highest BCUT2D eigenvalue weighted by molar-refractivity contribution is 14.0. The van der Waals surface area contributed by atoms with E-state index < -0.39 is 0 Å². The summed E-state index contributed by atoms with van der Waals surface area (Å²) in [6.45, 7) is 5.68. The number of hydrogen-bond acceptors (Lipinski definition) is 2. The van der Waals surface area contributed by atoms with Crippen molar-refractivity contribution in [2.45, 2.75) is 32.6 Å². The van der Waals surface area contributed by atoms with Gasteiger partial charge < -0.3 is 20.5 Å². The van der Waals surface area contributed by atoms with Crippen molar-refractivity contribution < 1.29 is 9.18 Å². The molecule has 1 aromatic carbocycles. The molecule has 0 unspecified atom stereocenters. The van der Waals surface area contributed by atoms with Gasteiger partial charge >= 0.3 is 0 Å². The fourth-order valence-electron chi connectivity index (χ4n) is 3.40. The highest BCUT2D eigenvalue weighted by Crippen LogP contribution is 2.19. The van der Waals surface area contributed by atoms with Gasteiger partial charge in [0.2, 0.25) is 5.91 Å². The molecule has 0 aliphatic carbocycles. The Kier molecular flexibility index (Phi) is 9.01. The molecule has 1 aliphatic heterocycles. The average molecular weight is 501 g/mol. The number of aromatic nitrogens is 1. The van der Waals surface area contributed by atoms with Crippen molar-refractivity contribution in [2.75, 3.05) is 32.7 Å². The second-order valence-electron chi connectivity index (χ2n) is 6.78. The number of nitrogens with one attached hydrogen (secondary N) is 3. The second-order valence-corrected chi connectivity index (χ2v) is 6.78. The molecule has 28 heavy (non-hydrogen) atoms. The van der Waals surface area contributed by atoms with E-state index >= 15 is 0 Å². The molecule has 6 nitrogen and oxygen atoms in total. The van der Waals surface area contributed by atoms with E-state index in [1.807, 2.05) is 18.0 Å². The summed E-state index contributed by atoms with van der Waals surface area (Å²) in [5.41, 5.74) is 2.00. The summed E-state index contributed by atoms with van der Waals surface area (Å²) in [5.74, 6) is 0.666. The zero-order chi connectivity index (χ0) is 19.1. The monoisotopic (exact) mass is 501 g/mol. The van der Waals surface area contributed by atoms with Gasteiger partial charge in [-0.25, -0.2) is 4.39 Å². The van der Waals surface area contributed by atoms with Crippen molar-refractivity contribution in [3.05, 3.63) is 35.8 Å². The third-order valence-corrected chi connectivity index (χ3v) is 4.81. The van der Waals surface area contributed by atoms with Gasteiger partial charge in [-0.2, -0.15) is 0 Å². The van der Waals surface area contributed by atoms with Crippen LogP contribution < -0.4 is 10.6 Å². The lowest BCUT2D eigenvalue weighted by Crippen LogP contribution is -2.38. The number of rotatable bonds is 7. The van der Waals surface area contributed by atoms with Gasteiger partial charge in [0.25, 0.3) is 0 Å². The lowest BCUT2D eigenvalue weighted by atomic mass is 10.1. The van der Waals surface area contributed by atoms with Crippen LogP contribution in [0.4, 0.5) is 4.39 Å². The minimum Gasteiger partial charge on any atom is -0.361 e. The van der Waals surface area contributed by atoms with E-state index in [9.17, 15) is 9.18 Å². The molecule has 154 valence electrons. The maximum Gasteiger partial charge on any atom is 0.224 e. The van der Waals surface area contributed by atoms with E-state index in [1.54, 1.807) is 12.1 Å². The van der Waals surface area contributed by atoms with Gasteiger partial charge in [-0.15, -0.1) is 24.0 Å². The number of aliphatic imine (C=N–C) groups is 1. The molecule has 0 spiro atoms. The third kappa shape index (κ3) is 6.08. The van der Waals surface area contributed by atoms with Crippen LogP contribution in [0, 0.1) is 5.82 Å². The lowest BCUT2D eigenvalue weighted by Gasteiger charge is -2.15. The number of halogens is 2. The normalized spacial score (nSPS) is 14.2. The third-order valence-electron chi connectivity index (χ3n) is 4.81. The average Bonchev–Trinajstić information content (AvgIpc) is 3.32. The van der Waals surface area contributed by atoms with Gasteiger partial charge in [0.1, 0.15) is 5.82 Å². The standard InChI is InChI=1S/C20H28FN5O.HI/c1-2-22-20(24-10-8-19(27)26-11-3-4-12-26)23-9-7-15-14-25-18-6-5-16(21)13-17(15)18;/h5-6,13-14,25H,2-4,7-12H2,1H3,(H2,22,23,24);1H. The van der Waals surface area contributed by atoms with Gasteiger partial charge in [-0.1, -0.05) is 0 Å². The Labute approximate surface area is 182 Å². The minimum atomic E-state index is -0.228. The van der Waals surface area contributed by atoms with E-state index in [4.69, 9.17) is 0 Å². The highest BCUT2D eigenvalue weighted by atomic mass is 127. The van der Waals surface area contributed by atoms with Crippen molar-refractivity contribution in [3.63, 3.8) is 0 Å². The van der Waals surface area contributed by atoms with Crippen molar-refractivity contribution in [3.8, 4) is 0 Å². The summed E-state index contributed by atoms with van der Waals surface area (Å²) in [7, 11) is 0. The van der Waals surface area contributed by atoms with Crippen molar-refractivity contribution >= 4 is 46.7 Å². The quantitative estimate of drug-likeness (QED) is 0.310. The highest BCUT2D eigenvalue weighted by Gasteiger charge is 2.17. The van der Waals surface area contributed by atoms with Gasteiger partial charge in [-0.3, -0.25) is 9.79 Å². The van der Waals surface area contributed by atoms with E-state index in [1.165, 1.54) is 6.07 Å². The predicted octanol–water partition coefficient (Wildman–Crippen LogP) is 3.04. The fraction of sp³-hybridized carbons (Fsp3) is 0.500. The molecule has 3 rings (SSSR count). The van der Waals surface area contributed by atoms with Gasteiger partial charge in [-0.05, 0) is 49.9 Å². The van der Waals surface area contributed by atoms with Crippen molar-refractivity contribution in [2.24, 2.45) is 4.99 Å². The van der Waals surface area contributed by atoms with Crippen molar-refractivity contribution in [1.29, 1.82) is 0 Å². The van der Waals surface area contributed by atoms with E-state index in [-0.39, 0.29) is 35.7 Å². The molecule has 0 saturated carbocycles. The van der Waals surface area contributed by atoms with E-state index in [0.717, 1.165) is 55.4 Å². The molecule has 0 atom stereocenters. The maximum atomic E-state index is 13.5. The largest absolute Gasteiger partial charge is 0.361 e. The zero-order valence-corrected chi connectivity index (χ0v) is 18.6. The molecular formula is C20H29FIN5O. The smallest absolute Gasteiger partial charge is 0.224 e. The molecular weight excluding hydrogens is 472 g/mol. The van der Waals surface area contributed by atoms with Crippen molar-refractivity contribution in [1.82, 2.24) is 20.5 Å². The summed E-state index contributed by atoms with van der Waals surface area (Å²) < 4.78 is 13.5. The summed E-state index contributed by atoms with van der Waals surface area (Å²) in [6, 6.07) is 4.77. The van der Waals surface area contributed by atoms with Gasteiger partial charge in [0.05, 0.1) is 6.54 Å². The molecule has 1 aromatic heterocycles. The number of aromatic amines is 1. The number of fused-ring (bicyclic) bond motifs is 1. The first-order chi connectivity index (χ1) is 13.2. The summed E-state index contributed by atoms with van der Waals surface area (Å²) >= 11 is 0. The number of guanidine groups is 1. The molecule has 2 heterocycles. The van der Waals surface area contributed by atoms with E-state index in [0.29, 0.717) is 25.5 Å². The molecule has 3 N–H and O–H groups in total. The number of carbonyl (C=O) groups excluding carboxylic acids is 1. The lowest BCUT2D eigenvalue weighted by molar-refractivity contribution is -0.129. The summed E-state index contributed by atoms with van der Waals surface area (Å²) in [6.07, 6.45) is 5.33. The van der Waals surface area contributed by atoms with Crippen LogP contribution in [0.2, 0.25) is 0 Å². The fourth-order valence-corrected chi connectivity index (χ4v) is 3.40. The number of likely N-dealkylation sites (tertiary alicyclic amines) is 1. The Bertz CT molecular complexity index is 801. The Hall–Kier alpha value is -1.84. The predicted molar refractivity (Wildman–Crippen MR) is 122 cm³/mol. The molecule has 1 aliphatic rings. The zero-order valence-electron chi connectivity index (χ0n) is 16.3. The van der Waals surface area contributed by atoms with Crippen LogP contribution in [-0.2, 0) is 11.2 Å². The molecule has 1 amide bonds. The number of carbonyl (C=O) groups is 1. The first kappa shape index (κ1) is 22.4.